The average molecular weight is 220 g/mol. The van der Waals surface area contributed by atoms with Crippen LogP contribution in [-0.4, -0.2) is 22.4 Å². The summed E-state index contributed by atoms with van der Waals surface area (Å²) in [5.74, 6) is -0.961. The van der Waals surface area contributed by atoms with Crippen molar-refractivity contribution in [3.05, 3.63) is 17.9 Å². The van der Waals surface area contributed by atoms with Gasteiger partial charge in [-0.25, -0.2) is 4.79 Å². The van der Waals surface area contributed by atoms with Crippen LogP contribution in [0.3, 0.4) is 0 Å². The standard InChI is InChI=1S/C7H9O6P/c1-2-12-7(8)5-3-4-6(13-5)14(9,10)11/h3-4H,2H2,1H3,(H2,9,10,11). The van der Waals surface area contributed by atoms with Crippen molar-refractivity contribution in [2.24, 2.45) is 0 Å². The zero-order chi connectivity index (χ0) is 10.8. The van der Waals surface area contributed by atoms with E-state index in [9.17, 15) is 9.36 Å². The Balaban J connectivity index is 2.89. The van der Waals surface area contributed by atoms with E-state index in [-0.39, 0.29) is 12.4 Å². The third-order valence-corrected chi connectivity index (χ3v) is 2.17. The second-order valence-electron chi connectivity index (χ2n) is 2.40. The van der Waals surface area contributed by atoms with Gasteiger partial charge in [-0.1, -0.05) is 0 Å². The average Bonchev–Trinajstić information content (AvgIpc) is 2.51. The first-order valence-corrected chi connectivity index (χ1v) is 5.39. The van der Waals surface area contributed by atoms with Crippen LogP contribution in [0, 0.1) is 0 Å². The highest BCUT2D eigenvalue weighted by Gasteiger charge is 2.24. The van der Waals surface area contributed by atoms with E-state index in [0.717, 1.165) is 12.1 Å². The summed E-state index contributed by atoms with van der Waals surface area (Å²) < 4.78 is 19.9. The predicted octanol–water partition coefficient (Wildman–Crippen LogP) is 0.259. The summed E-state index contributed by atoms with van der Waals surface area (Å²) in [6.07, 6.45) is 0. The van der Waals surface area contributed by atoms with Crippen LogP contribution < -0.4 is 5.50 Å². The highest BCUT2D eigenvalue weighted by molar-refractivity contribution is 7.59. The summed E-state index contributed by atoms with van der Waals surface area (Å²) in [6.45, 7) is 1.79. The summed E-state index contributed by atoms with van der Waals surface area (Å²) in [5.41, 5.74) is -0.541. The van der Waals surface area contributed by atoms with Gasteiger partial charge in [0, 0.05) is 0 Å². The molecule has 1 aromatic rings. The van der Waals surface area contributed by atoms with E-state index in [0.29, 0.717) is 0 Å². The van der Waals surface area contributed by atoms with Crippen LogP contribution in [-0.2, 0) is 9.30 Å². The molecule has 0 aliphatic rings. The molecule has 7 heteroatoms. The number of hydrogen-bond acceptors (Lipinski definition) is 4. The first kappa shape index (κ1) is 11.0. The molecule has 0 aliphatic carbocycles. The molecule has 2 N–H and O–H groups in total. The summed E-state index contributed by atoms with van der Waals surface area (Å²) in [7, 11) is -4.43. The predicted molar refractivity (Wildman–Crippen MR) is 46.3 cm³/mol. The fourth-order valence-electron chi connectivity index (χ4n) is 0.796. The minimum Gasteiger partial charge on any atom is -0.460 e. The minimum absolute atomic E-state index is 0.171. The summed E-state index contributed by atoms with van der Waals surface area (Å²) >= 11 is 0. The second kappa shape index (κ2) is 3.96. The fourth-order valence-corrected chi connectivity index (χ4v) is 1.28. The molecule has 0 amide bonds. The van der Waals surface area contributed by atoms with Crippen molar-refractivity contribution in [2.45, 2.75) is 6.92 Å². The minimum atomic E-state index is -4.43. The molecule has 0 bridgehead atoms. The lowest BCUT2D eigenvalue weighted by Gasteiger charge is -1.98. The molecular formula is C7H9O6P. The Morgan fingerprint density at radius 2 is 2.21 bits per heavy atom. The molecule has 1 aromatic heterocycles. The van der Waals surface area contributed by atoms with E-state index in [1.54, 1.807) is 6.92 Å². The molecule has 14 heavy (non-hydrogen) atoms. The van der Waals surface area contributed by atoms with Gasteiger partial charge in [0.05, 0.1) is 6.61 Å². The summed E-state index contributed by atoms with van der Waals surface area (Å²) in [5, 5.41) is 0. The molecule has 1 heterocycles. The number of carbonyl (C=O) groups is 1. The molecule has 0 aliphatic heterocycles. The Morgan fingerprint density at radius 3 is 2.64 bits per heavy atom. The zero-order valence-electron chi connectivity index (χ0n) is 7.34. The van der Waals surface area contributed by atoms with Crippen LogP contribution in [0.15, 0.2) is 16.5 Å². The van der Waals surface area contributed by atoms with Crippen molar-refractivity contribution >= 4 is 19.1 Å². The van der Waals surface area contributed by atoms with Crippen molar-refractivity contribution in [1.29, 1.82) is 0 Å². The van der Waals surface area contributed by atoms with Gasteiger partial charge in [0.1, 0.15) is 0 Å². The maximum absolute atomic E-state index is 11.0. The molecule has 0 spiro atoms. The quantitative estimate of drug-likeness (QED) is 0.560. The first-order chi connectivity index (χ1) is 6.45. The topological polar surface area (TPSA) is 97.0 Å². The normalized spacial score (nSPS) is 11.4. The van der Waals surface area contributed by atoms with Crippen LogP contribution >= 0.6 is 7.60 Å². The van der Waals surface area contributed by atoms with Gasteiger partial charge in [-0.15, -0.1) is 0 Å². The zero-order valence-corrected chi connectivity index (χ0v) is 8.23. The Labute approximate surface area is 79.6 Å². The Morgan fingerprint density at radius 1 is 1.57 bits per heavy atom. The number of rotatable bonds is 3. The molecule has 0 saturated heterocycles. The largest absolute Gasteiger partial charge is 0.460 e. The number of furan rings is 1. The highest BCUT2D eigenvalue weighted by atomic mass is 31.2. The van der Waals surface area contributed by atoms with Crippen LogP contribution in [0.5, 0.6) is 0 Å². The van der Waals surface area contributed by atoms with Gasteiger partial charge in [-0.3, -0.25) is 4.57 Å². The molecule has 0 saturated carbocycles. The van der Waals surface area contributed by atoms with Gasteiger partial charge in [0.15, 0.2) is 0 Å². The molecular weight excluding hydrogens is 211 g/mol. The first-order valence-electron chi connectivity index (χ1n) is 3.78. The van der Waals surface area contributed by atoms with Gasteiger partial charge in [-0.2, -0.15) is 0 Å². The molecule has 0 radical (unpaired) electrons. The maximum atomic E-state index is 11.0. The molecule has 1 rings (SSSR count). The lowest BCUT2D eigenvalue weighted by atomic mass is 10.5. The summed E-state index contributed by atoms with van der Waals surface area (Å²) in [6, 6.07) is 2.21. The number of esters is 1. The maximum Gasteiger partial charge on any atom is 0.391 e. The third-order valence-electron chi connectivity index (χ3n) is 1.36. The SMILES string of the molecule is CCOC(=O)c1ccc(P(=O)(O)O)o1. The van der Waals surface area contributed by atoms with E-state index in [2.05, 4.69) is 9.15 Å². The lowest BCUT2D eigenvalue weighted by Crippen LogP contribution is -2.04. The fraction of sp³-hybridized carbons (Fsp3) is 0.286. The van der Waals surface area contributed by atoms with Gasteiger partial charge in [0.25, 0.3) is 0 Å². The molecule has 0 atom stereocenters. The number of ether oxygens (including phenoxy) is 1. The molecule has 0 aromatic carbocycles. The van der Waals surface area contributed by atoms with Crippen molar-refractivity contribution in [3.8, 4) is 0 Å². The van der Waals surface area contributed by atoms with E-state index >= 15 is 0 Å². The molecule has 6 nitrogen and oxygen atoms in total. The van der Waals surface area contributed by atoms with Gasteiger partial charge >= 0.3 is 13.6 Å². The van der Waals surface area contributed by atoms with E-state index < -0.39 is 19.1 Å². The van der Waals surface area contributed by atoms with Gasteiger partial charge in [-0.05, 0) is 19.1 Å². The molecule has 0 fully saturated rings. The van der Waals surface area contributed by atoms with Crippen molar-refractivity contribution < 1.29 is 28.3 Å². The van der Waals surface area contributed by atoms with Gasteiger partial charge < -0.3 is 18.9 Å². The van der Waals surface area contributed by atoms with Crippen molar-refractivity contribution in [3.63, 3.8) is 0 Å². The third kappa shape index (κ3) is 2.45. The van der Waals surface area contributed by atoms with Crippen LogP contribution in [0.25, 0.3) is 0 Å². The van der Waals surface area contributed by atoms with E-state index in [1.165, 1.54) is 0 Å². The smallest absolute Gasteiger partial charge is 0.391 e. The molecule has 0 unspecified atom stereocenters. The highest BCUT2D eigenvalue weighted by Crippen LogP contribution is 2.33. The van der Waals surface area contributed by atoms with E-state index in [1.807, 2.05) is 0 Å². The van der Waals surface area contributed by atoms with Crippen LogP contribution in [0.1, 0.15) is 17.5 Å². The van der Waals surface area contributed by atoms with Gasteiger partial charge in [0.2, 0.25) is 11.3 Å². The Bertz CT molecular complexity index is 375. The number of carbonyl (C=O) groups excluding carboxylic acids is 1. The Hall–Kier alpha value is -1.10. The number of hydrogen-bond donors (Lipinski definition) is 2. The van der Waals surface area contributed by atoms with E-state index in [4.69, 9.17) is 9.79 Å². The monoisotopic (exact) mass is 220 g/mol. The Kier molecular flexibility index (Phi) is 3.10. The second-order valence-corrected chi connectivity index (χ2v) is 3.93. The van der Waals surface area contributed by atoms with Crippen LogP contribution in [0.4, 0.5) is 0 Å². The lowest BCUT2D eigenvalue weighted by molar-refractivity contribution is 0.0492. The summed E-state index contributed by atoms with van der Waals surface area (Å²) in [4.78, 5) is 28.4. The van der Waals surface area contributed by atoms with Crippen molar-refractivity contribution in [1.82, 2.24) is 0 Å². The molecule has 78 valence electrons. The van der Waals surface area contributed by atoms with Crippen LogP contribution in [0.2, 0.25) is 0 Å². The van der Waals surface area contributed by atoms with Crippen molar-refractivity contribution in [2.75, 3.05) is 6.61 Å².